The van der Waals surface area contributed by atoms with E-state index in [9.17, 15) is 4.79 Å². The molecule has 1 aromatic heterocycles. The summed E-state index contributed by atoms with van der Waals surface area (Å²) >= 11 is 0. The maximum absolute atomic E-state index is 13.4. The van der Waals surface area contributed by atoms with Gasteiger partial charge in [0.15, 0.2) is 0 Å². The number of hydrogen-bond acceptors (Lipinski definition) is 3. The number of rotatable bonds is 8. The molecule has 0 spiro atoms. The monoisotopic (exact) mass is 391 g/mol. The molecule has 4 nitrogen and oxygen atoms in total. The number of carbonyl (C=O) groups is 1. The van der Waals surface area contributed by atoms with E-state index in [2.05, 4.69) is 59.4 Å². The van der Waals surface area contributed by atoms with Crippen molar-refractivity contribution in [3.05, 3.63) is 54.4 Å². The van der Waals surface area contributed by atoms with Crippen molar-refractivity contribution in [1.82, 2.24) is 15.2 Å². The summed E-state index contributed by atoms with van der Waals surface area (Å²) in [6.07, 6.45) is 8.14. The molecule has 1 saturated heterocycles. The first-order chi connectivity index (χ1) is 14.1. The standard InChI is InChI=1S/C25H33N3O/c1-19(2)15-27-24(29)25(11-13-28(18-25)17-20-9-10-20)14-21-6-3-4-8-23(21)22-7-5-12-26-16-22/h3-8,12,16,19-20H,9-11,13-15,17-18H2,1-2H3,(H,27,29). The molecule has 1 aromatic carbocycles. The van der Waals surface area contributed by atoms with Crippen LogP contribution in [-0.2, 0) is 11.2 Å². The van der Waals surface area contributed by atoms with E-state index in [1.807, 2.05) is 12.3 Å². The Hall–Kier alpha value is -2.20. The minimum atomic E-state index is -0.345. The van der Waals surface area contributed by atoms with Crippen LogP contribution < -0.4 is 5.32 Å². The first-order valence-electron chi connectivity index (χ1n) is 11.0. The predicted molar refractivity (Wildman–Crippen MR) is 117 cm³/mol. The second-order valence-electron chi connectivity index (χ2n) is 9.39. The van der Waals surface area contributed by atoms with Gasteiger partial charge in [0.1, 0.15) is 0 Å². The Morgan fingerprint density at radius 1 is 1.24 bits per heavy atom. The second kappa shape index (κ2) is 8.66. The predicted octanol–water partition coefficient (Wildman–Crippen LogP) is 4.17. The molecule has 2 aliphatic rings. The first-order valence-corrected chi connectivity index (χ1v) is 11.0. The minimum absolute atomic E-state index is 0.227. The number of amides is 1. The van der Waals surface area contributed by atoms with E-state index in [-0.39, 0.29) is 11.3 Å². The average Bonchev–Trinajstić information content (AvgIpc) is 3.46. The van der Waals surface area contributed by atoms with Crippen LogP contribution in [0.15, 0.2) is 48.8 Å². The van der Waals surface area contributed by atoms with Crippen LogP contribution in [0.25, 0.3) is 11.1 Å². The molecular formula is C25H33N3O. The van der Waals surface area contributed by atoms with Crippen molar-refractivity contribution in [3.8, 4) is 11.1 Å². The largest absolute Gasteiger partial charge is 0.355 e. The van der Waals surface area contributed by atoms with E-state index in [0.29, 0.717) is 5.92 Å². The summed E-state index contributed by atoms with van der Waals surface area (Å²) in [5, 5.41) is 3.26. The van der Waals surface area contributed by atoms with E-state index in [1.165, 1.54) is 24.0 Å². The van der Waals surface area contributed by atoms with E-state index < -0.39 is 0 Å². The quantitative estimate of drug-likeness (QED) is 0.735. The number of hydrogen-bond donors (Lipinski definition) is 1. The number of likely N-dealkylation sites (tertiary alicyclic amines) is 1. The fourth-order valence-electron chi connectivity index (χ4n) is 4.52. The summed E-state index contributed by atoms with van der Waals surface area (Å²) < 4.78 is 0. The molecule has 4 rings (SSSR count). The van der Waals surface area contributed by atoms with Crippen molar-refractivity contribution in [2.75, 3.05) is 26.2 Å². The number of pyridine rings is 1. The molecule has 1 saturated carbocycles. The third-order valence-electron chi connectivity index (χ3n) is 6.32. The molecule has 1 atom stereocenters. The lowest BCUT2D eigenvalue weighted by molar-refractivity contribution is -0.130. The highest BCUT2D eigenvalue weighted by molar-refractivity contribution is 5.84. The van der Waals surface area contributed by atoms with E-state index in [0.717, 1.165) is 50.5 Å². The lowest BCUT2D eigenvalue weighted by atomic mass is 9.78. The lowest BCUT2D eigenvalue weighted by Crippen LogP contribution is -2.45. The molecule has 1 aliphatic carbocycles. The molecule has 2 aromatic rings. The van der Waals surface area contributed by atoms with Crippen molar-refractivity contribution < 1.29 is 4.79 Å². The van der Waals surface area contributed by atoms with Crippen molar-refractivity contribution in [3.63, 3.8) is 0 Å². The maximum Gasteiger partial charge on any atom is 0.227 e. The van der Waals surface area contributed by atoms with Crippen molar-refractivity contribution >= 4 is 5.91 Å². The third kappa shape index (κ3) is 4.87. The molecule has 0 radical (unpaired) electrons. The van der Waals surface area contributed by atoms with Crippen LogP contribution in [0.1, 0.15) is 38.7 Å². The van der Waals surface area contributed by atoms with Crippen LogP contribution in [0.3, 0.4) is 0 Å². The van der Waals surface area contributed by atoms with Crippen molar-refractivity contribution in [1.29, 1.82) is 0 Å². The molecule has 29 heavy (non-hydrogen) atoms. The zero-order valence-corrected chi connectivity index (χ0v) is 17.7. The van der Waals surface area contributed by atoms with E-state index >= 15 is 0 Å². The summed E-state index contributed by atoms with van der Waals surface area (Å²) in [7, 11) is 0. The van der Waals surface area contributed by atoms with Crippen molar-refractivity contribution in [2.24, 2.45) is 17.3 Å². The molecule has 1 N–H and O–H groups in total. The Kier molecular flexibility index (Phi) is 6.00. The van der Waals surface area contributed by atoms with Gasteiger partial charge in [-0.15, -0.1) is 0 Å². The topological polar surface area (TPSA) is 45.2 Å². The molecule has 2 fully saturated rings. The molecule has 4 heteroatoms. The Bertz CT molecular complexity index is 831. The van der Waals surface area contributed by atoms with Crippen LogP contribution in [-0.4, -0.2) is 42.0 Å². The zero-order chi connectivity index (χ0) is 20.3. The normalized spacial score (nSPS) is 22.2. The summed E-state index contributed by atoms with van der Waals surface area (Å²) in [5.74, 6) is 1.54. The van der Waals surface area contributed by atoms with Gasteiger partial charge in [0.2, 0.25) is 5.91 Å². The Balaban J connectivity index is 1.60. The van der Waals surface area contributed by atoms with Gasteiger partial charge in [0.05, 0.1) is 5.41 Å². The number of benzene rings is 1. The highest BCUT2D eigenvalue weighted by Gasteiger charge is 2.45. The number of aromatic nitrogens is 1. The minimum Gasteiger partial charge on any atom is -0.355 e. The number of carbonyl (C=O) groups excluding carboxylic acids is 1. The third-order valence-corrected chi connectivity index (χ3v) is 6.32. The van der Waals surface area contributed by atoms with Crippen LogP contribution in [0.5, 0.6) is 0 Å². The SMILES string of the molecule is CC(C)CNC(=O)C1(Cc2ccccc2-c2cccnc2)CCN(CC2CC2)C1. The van der Waals surface area contributed by atoms with E-state index in [1.54, 1.807) is 6.20 Å². The van der Waals surface area contributed by atoms with Gasteiger partial charge in [-0.25, -0.2) is 0 Å². The molecule has 1 aliphatic heterocycles. The summed E-state index contributed by atoms with van der Waals surface area (Å²) in [4.78, 5) is 20.2. The number of nitrogens with one attached hydrogen (secondary N) is 1. The summed E-state index contributed by atoms with van der Waals surface area (Å²) in [5.41, 5.74) is 3.21. The maximum atomic E-state index is 13.4. The van der Waals surface area contributed by atoms with Gasteiger partial charge in [-0.3, -0.25) is 9.78 Å². The van der Waals surface area contributed by atoms with Gasteiger partial charge in [0, 0.05) is 37.6 Å². The van der Waals surface area contributed by atoms with Gasteiger partial charge >= 0.3 is 0 Å². The highest BCUT2D eigenvalue weighted by Crippen LogP contribution is 2.39. The van der Waals surface area contributed by atoms with Gasteiger partial charge in [-0.2, -0.15) is 0 Å². The van der Waals surface area contributed by atoms with Crippen LogP contribution >= 0.6 is 0 Å². The fraction of sp³-hybridized carbons (Fsp3) is 0.520. The van der Waals surface area contributed by atoms with Gasteiger partial charge < -0.3 is 10.2 Å². The average molecular weight is 392 g/mol. The molecule has 2 heterocycles. The summed E-state index contributed by atoms with van der Waals surface area (Å²) in [6.45, 7) is 8.10. The van der Waals surface area contributed by atoms with Gasteiger partial charge in [-0.05, 0) is 61.3 Å². The van der Waals surface area contributed by atoms with Gasteiger partial charge in [-0.1, -0.05) is 44.2 Å². The van der Waals surface area contributed by atoms with Crippen molar-refractivity contribution in [2.45, 2.75) is 39.5 Å². The Morgan fingerprint density at radius 2 is 2.07 bits per heavy atom. The van der Waals surface area contributed by atoms with E-state index in [4.69, 9.17) is 0 Å². The molecule has 1 unspecified atom stereocenters. The number of nitrogens with zero attached hydrogens (tertiary/aromatic N) is 2. The lowest BCUT2D eigenvalue weighted by Gasteiger charge is -2.30. The molecular weight excluding hydrogens is 358 g/mol. The van der Waals surface area contributed by atoms with Crippen LogP contribution in [0.4, 0.5) is 0 Å². The smallest absolute Gasteiger partial charge is 0.227 e. The second-order valence-corrected chi connectivity index (χ2v) is 9.39. The molecule has 154 valence electrons. The molecule has 1 amide bonds. The summed E-state index contributed by atoms with van der Waals surface area (Å²) in [6, 6.07) is 12.6. The zero-order valence-electron chi connectivity index (χ0n) is 17.7. The fourth-order valence-corrected chi connectivity index (χ4v) is 4.52. The highest BCUT2D eigenvalue weighted by atomic mass is 16.2. The Morgan fingerprint density at radius 3 is 2.79 bits per heavy atom. The van der Waals surface area contributed by atoms with Crippen LogP contribution in [0, 0.1) is 17.3 Å². The first kappa shape index (κ1) is 20.1. The molecule has 0 bridgehead atoms. The Labute approximate surface area is 174 Å². The van der Waals surface area contributed by atoms with Gasteiger partial charge in [0.25, 0.3) is 0 Å². The van der Waals surface area contributed by atoms with Crippen LogP contribution in [0.2, 0.25) is 0 Å².